The van der Waals surface area contributed by atoms with E-state index in [2.05, 4.69) is 46.9 Å². The van der Waals surface area contributed by atoms with Crippen molar-refractivity contribution in [1.29, 1.82) is 0 Å². The Bertz CT molecular complexity index is 551. The summed E-state index contributed by atoms with van der Waals surface area (Å²) < 4.78 is 16.6. The highest BCUT2D eigenvalue weighted by molar-refractivity contribution is 14.1. The van der Waals surface area contributed by atoms with Gasteiger partial charge in [0.15, 0.2) is 0 Å². The Balaban J connectivity index is 2.26. The monoisotopic (exact) mass is 373 g/mol. The van der Waals surface area contributed by atoms with Crippen molar-refractivity contribution >= 4 is 22.6 Å². The maximum absolute atomic E-state index is 14.0. The summed E-state index contributed by atoms with van der Waals surface area (Å²) in [5.41, 5.74) is 1.45. The van der Waals surface area contributed by atoms with Crippen molar-refractivity contribution in [2.45, 2.75) is 20.4 Å². The SMILES string of the molecule is CC(C)CNCc1cccc(F)c1-n1cc(I)cn1. The normalized spacial score (nSPS) is 11.2. The molecule has 0 spiro atoms. The van der Waals surface area contributed by atoms with Gasteiger partial charge in [0.2, 0.25) is 0 Å². The van der Waals surface area contributed by atoms with E-state index >= 15 is 0 Å². The van der Waals surface area contributed by atoms with Gasteiger partial charge in [-0.1, -0.05) is 26.0 Å². The molecule has 19 heavy (non-hydrogen) atoms. The Morgan fingerprint density at radius 1 is 1.42 bits per heavy atom. The minimum atomic E-state index is -0.247. The van der Waals surface area contributed by atoms with Gasteiger partial charge in [-0.3, -0.25) is 0 Å². The number of halogens is 2. The summed E-state index contributed by atoms with van der Waals surface area (Å²) in [6.07, 6.45) is 3.54. The maximum atomic E-state index is 14.0. The minimum Gasteiger partial charge on any atom is -0.312 e. The highest BCUT2D eigenvalue weighted by Gasteiger charge is 2.11. The Labute approximate surface area is 126 Å². The standard InChI is InChI=1S/C14H17FIN3/c1-10(2)6-17-7-11-4-3-5-13(15)14(11)19-9-12(16)8-18-19/h3-5,8-10,17H,6-7H2,1-2H3. The van der Waals surface area contributed by atoms with Crippen molar-refractivity contribution in [3.8, 4) is 5.69 Å². The summed E-state index contributed by atoms with van der Waals surface area (Å²) in [5, 5.41) is 7.53. The molecule has 3 nitrogen and oxygen atoms in total. The lowest BCUT2D eigenvalue weighted by atomic mass is 10.1. The van der Waals surface area contributed by atoms with Crippen LogP contribution in [0.5, 0.6) is 0 Å². The molecule has 0 unspecified atom stereocenters. The van der Waals surface area contributed by atoms with E-state index in [0.29, 0.717) is 18.2 Å². The summed E-state index contributed by atoms with van der Waals surface area (Å²) in [6, 6.07) is 5.13. The largest absolute Gasteiger partial charge is 0.312 e. The van der Waals surface area contributed by atoms with Crippen LogP contribution in [0.1, 0.15) is 19.4 Å². The average molecular weight is 373 g/mol. The Morgan fingerprint density at radius 2 is 2.21 bits per heavy atom. The van der Waals surface area contributed by atoms with Crippen molar-refractivity contribution in [2.75, 3.05) is 6.54 Å². The molecule has 0 aliphatic rings. The molecule has 0 atom stereocenters. The zero-order valence-electron chi connectivity index (χ0n) is 11.0. The third-order valence-corrected chi connectivity index (χ3v) is 3.28. The van der Waals surface area contributed by atoms with Crippen LogP contribution in [0.4, 0.5) is 4.39 Å². The summed E-state index contributed by atoms with van der Waals surface area (Å²) in [7, 11) is 0. The van der Waals surface area contributed by atoms with E-state index in [-0.39, 0.29) is 5.82 Å². The molecule has 2 rings (SSSR count). The Morgan fingerprint density at radius 3 is 2.84 bits per heavy atom. The van der Waals surface area contributed by atoms with Crippen molar-refractivity contribution < 1.29 is 4.39 Å². The number of nitrogens with one attached hydrogen (secondary N) is 1. The number of aromatic nitrogens is 2. The van der Waals surface area contributed by atoms with Crippen LogP contribution in [0.3, 0.4) is 0 Å². The summed E-state index contributed by atoms with van der Waals surface area (Å²) >= 11 is 2.17. The fraction of sp³-hybridized carbons (Fsp3) is 0.357. The number of para-hydroxylation sites is 1. The molecule has 1 N–H and O–H groups in total. The molecule has 1 heterocycles. The Kier molecular flexibility index (Phi) is 4.93. The van der Waals surface area contributed by atoms with Gasteiger partial charge >= 0.3 is 0 Å². The van der Waals surface area contributed by atoms with E-state index in [1.807, 2.05) is 12.3 Å². The van der Waals surface area contributed by atoms with Crippen LogP contribution in [-0.2, 0) is 6.54 Å². The molecule has 0 radical (unpaired) electrons. The van der Waals surface area contributed by atoms with Crippen molar-refractivity contribution in [1.82, 2.24) is 15.1 Å². The number of hydrogen-bond acceptors (Lipinski definition) is 2. The van der Waals surface area contributed by atoms with Crippen molar-refractivity contribution in [3.05, 3.63) is 45.5 Å². The van der Waals surface area contributed by atoms with E-state index < -0.39 is 0 Å². The first-order valence-electron chi connectivity index (χ1n) is 6.26. The second-order valence-electron chi connectivity index (χ2n) is 4.88. The molecule has 5 heteroatoms. The first-order valence-corrected chi connectivity index (χ1v) is 7.34. The second kappa shape index (κ2) is 6.47. The molecule has 0 saturated carbocycles. The van der Waals surface area contributed by atoms with Crippen LogP contribution in [0, 0.1) is 15.3 Å². The van der Waals surface area contributed by atoms with Gasteiger partial charge in [0, 0.05) is 12.7 Å². The van der Waals surface area contributed by atoms with Gasteiger partial charge in [0.25, 0.3) is 0 Å². The van der Waals surface area contributed by atoms with Gasteiger partial charge in [0.1, 0.15) is 11.5 Å². The molecule has 0 aliphatic carbocycles. The maximum Gasteiger partial charge on any atom is 0.149 e. The fourth-order valence-corrected chi connectivity index (χ4v) is 2.27. The third kappa shape index (κ3) is 3.76. The summed E-state index contributed by atoms with van der Waals surface area (Å²) in [4.78, 5) is 0. The lowest BCUT2D eigenvalue weighted by molar-refractivity contribution is 0.547. The van der Waals surface area contributed by atoms with Crippen LogP contribution in [0.2, 0.25) is 0 Å². The molecule has 1 aromatic carbocycles. The summed E-state index contributed by atoms with van der Waals surface area (Å²) in [5.74, 6) is 0.325. The van der Waals surface area contributed by atoms with Crippen LogP contribution in [-0.4, -0.2) is 16.3 Å². The van der Waals surface area contributed by atoms with Crippen LogP contribution >= 0.6 is 22.6 Å². The number of nitrogens with zero attached hydrogens (tertiary/aromatic N) is 2. The molecule has 102 valence electrons. The van der Waals surface area contributed by atoms with E-state index in [9.17, 15) is 4.39 Å². The number of rotatable bonds is 5. The molecule has 1 aromatic heterocycles. The van der Waals surface area contributed by atoms with Gasteiger partial charge in [-0.2, -0.15) is 5.10 Å². The highest BCUT2D eigenvalue weighted by Crippen LogP contribution is 2.19. The fourth-order valence-electron chi connectivity index (χ4n) is 1.88. The smallest absolute Gasteiger partial charge is 0.149 e. The molecule has 0 amide bonds. The van der Waals surface area contributed by atoms with Crippen LogP contribution in [0.15, 0.2) is 30.6 Å². The zero-order chi connectivity index (χ0) is 13.8. The van der Waals surface area contributed by atoms with Gasteiger partial charge in [0.05, 0.1) is 9.77 Å². The first kappa shape index (κ1) is 14.5. The topological polar surface area (TPSA) is 29.9 Å². The highest BCUT2D eigenvalue weighted by atomic mass is 127. The lowest BCUT2D eigenvalue weighted by Gasteiger charge is -2.12. The molecule has 0 saturated heterocycles. The number of benzene rings is 1. The average Bonchev–Trinajstić information content (AvgIpc) is 2.75. The van der Waals surface area contributed by atoms with Gasteiger partial charge < -0.3 is 5.32 Å². The van der Waals surface area contributed by atoms with Gasteiger partial charge in [-0.05, 0) is 46.7 Å². The number of hydrogen-bond donors (Lipinski definition) is 1. The molecular formula is C14H17FIN3. The van der Waals surface area contributed by atoms with Crippen LogP contribution < -0.4 is 5.32 Å². The molecule has 0 fully saturated rings. The Hall–Kier alpha value is -0.950. The zero-order valence-corrected chi connectivity index (χ0v) is 13.2. The third-order valence-electron chi connectivity index (χ3n) is 2.72. The first-order chi connectivity index (χ1) is 9.08. The molecule has 0 bridgehead atoms. The predicted octanol–water partition coefficient (Wildman–Crippen LogP) is 3.36. The lowest BCUT2D eigenvalue weighted by Crippen LogP contribution is -2.20. The predicted molar refractivity (Wildman–Crippen MR) is 82.8 cm³/mol. The molecular weight excluding hydrogens is 356 g/mol. The minimum absolute atomic E-state index is 0.247. The van der Waals surface area contributed by atoms with Crippen molar-refractivity contribution in [2.24, 2.45) is 5.92 Å². The van der Waals surface area contributed by atoms with Crippen molar-refractivity contribution in [3.63, 3.8) is 0 Å². The molecule has 2 aromatic rings. The van der Waals surface area contributed by atoms with E-state index in [1.54, 1.807) is 16.9 Å². The van der Waals surface area contributed by atoms with E-state index in [4.69, 9.17) is 0 Å². The molecule has 0 aliphatic heterocycles. The second-order valence-corrected chi connectivity index (χ2v) is 6.12. The summed E-state index contributed by atoms with van der Waals surface area (Å²) in [6.45, 7) is 5.85. The van der Waals surface area contributed by atoms with Crippen LogP contribution in [0.25, 0.3) is 5.69 Å². The van der Waals surface area contributed by atoms with Gasteiger partial charge in [-0.15, -0.1) is 0 Å². The quantitative estimate of drug-likeness (QED) is 0.815. The van der Waals surface area contributed by atoms with E-state index in [1.165, 1.54) is 6.07 Å². The van der Waals surface area contributed by atoms with E-state index in [0.717, 1.165) is 15.7 Å². The van der Waals surface area contributed by atoms with Gasteiger partial charge in [-0.25, -0.2) is 9.07 Å².